The lowest BCUT2D eigenvalue weighted by molar-refractivity contribution is -0.126. The maximum absolute atomic E-state index is 14.3. The Bertz CT molecular complexity index is 1900. The number of amides is 1. The molecule has 3 aromatic heterocycles. The van der Waals surface area contributed by atoms with Crippen LogP contribution in [0, 0.1) is 5.82 Å². The van der Waals surface area contributed by atoms with Gasteiger partial charge in [-0.15, -0.1) is 22.7 Å². The third kappa shape index (κ3) is 5.11. The molecule has 11 heteroatoms. The first-order valence-corrected chi connectivity index (χ1v) is 15.5. The topological polar surface area (TPSA) is 67.4 Å². The van der Waals surface area contributed by atoms with Gasteiger partial charge in [0.1, 0.15) is 22.3 Å². The number of nitrogens with one attached hydrogen (secondary N) is 1. The van der Waals surface area contributed by atoms with Gasteiger partial charge in [0.15, 0.2) is 0 Å². The molecule has 6 nitrogen and oxygen atoms in total. The Hall–Kier alpha value is -4.06. The summed E-state index contributed by atoms with van der Waals surface area (Å²) in [6.07, 6.45) is 2.78. The van der Waals surface area contributed by atoms with Crippen LogP contribution in [0.15, 0.2) is 60.5 Å². The second-order valence-corrected chi connectivity index (χ2v) is 12.4. The fourth-order valence-electron chi connectivity index (χ4n) is 5.78. The molecule has 2 aromatic carbocycles. The number of hydrogen-bond acceptors (Lipinski definition) is 7. The number of rotatable bonds is 6. The molecule has 0 fully saturated rings. The predicted molar refractivity (Wildman–Crippen MR) is 163 cm³/mol. The number of pyridine rings is 1. The molecule has 1 N–H and O–H groups in total. The Morgan fingerprint density at radius 1 is 1.09 bits per heavy atom. The monoisotopic (exact) mass is 618 g/mol. The van der Waals surface area contributed by atoms with E-state index in [0.717, 1.165) is 57.5 Å². The second kappa shape index (κ2) is 11.2. The van der Waals surface area contributed by atoms with Crippen molar-refractivity contribution in [3.8, 4) is 38.8 Å². The zero-order valence-electron chi connectivity index (χ0n) is 22.8. The van der Waals surface area contributed by atoms with E-state index in [1.807, 2.05) is 11.4 Å². The molecule has 2 aliphatic heterocycles. The van der Waals surface area contributed by atoms with Gasteiger partial charge in [0.25, 0.3) is 0 Å². The minimum Gasteiger partial charge on any atom is -0.434 e. The fraction of sp³-hybridized carbons (Fsp3) is 0.219. The zero-order valence-corrected chi connectivity index (χ0v) is 24.5. The first-order chi connectivity index (χ1) is 20.9. The van der Waals surface area contributed by atoms with Crippen molar-refractivity contribution in [2.45, 2.75) is 32.5 Å². The van der Waals surface area contributed by atoms with Gasteiger partial charge < -0.3 is 15.0 Å². The third-order valence-corrected chi connectivity index (χ3v) is 9.84. The molecule has 7 rings (SSSR count). The molecule has 5 heterocycles. The van der Waals surface area contributed by atoms with Gasteiger partial charge in [-0.2, -0.15) is 8.78 Å². The van der Waals surface area contributed by atoms with Crippen molar-refractivity contribution in [2.24, 2.45) is 0 Å². The highest BCUT2D eigenvalue weighted by Gasteiger charge is 2.28. The number of aromatic nitrogens is 2. The van der Waals surface area contributed by atoms with Gasteiger partial charge in [-0.1, -0.05) is 18.7 Å². The number of carbonyl (C=O) groups excluding carboxylic acids is 1. The lowest BCUT2D eigenvalue weighted by Gasteiger charge is -2.24. The molecule has 0 aliphatic carbocycles. The summed E-state index contributed by atoms with van der Waals surface area (Å²) in [5.41, 5.74) is 6.44. The Balaban J connectivity index is 1.47. The first-order valence-electron chi connectivity index (χ1n) is 13.8. The average molecular weight is 619 g/mol. The van der Waals surface area contributed by atoms with Gasteiger partial charge in [-0.05, 0) is 59.8 Å². The van der Waals surface area contributed by atoms with Crippen LogP contribution in [0.25, 0.3) is 43.2 Å². The lowest BCUT2D eigenvalue weighted by Crippen LogP contribution is -2.34. The minimum atomic E-state index is -3.14. The van der Waals surface area contributed by atoms with E-state index < -0.39 is 12.4 Å². The maximum atomic E-state index is 14.3. The van der Waals surface area contributed by atoms with Crippen LogP contribution in [0.5, 0.6) is 5.75 Å². The summed E-state index contributed by atoms with van der Waals surface area (Å²) in [5, 5.41) is 6.79. The van der Waals surface area contributed by atoms with Gasteiger partial charge >= 0.3 is 6.61 Å². The molecule has 218 valence electrons. The highest BCUT2D eigenvalue weighted by atomic mass is 32.1. The highest BCUT2D eigenvalue weighted by molar-refractivity contribution is 7.18. The molecule has 0 saturated heterocycles. The number of fused-ring (bicyclic) bond motifs is 3. The molecule has 0 unspecified atom stereocenters. The van der Waals surface area contributed by atoms with Gasteiger partial charge in [-0.3, -0.25) is 4.79 Å². The van der Waals surface area contributed by atoms with Crippen LogP contribution < -0.4 is 10.1 Å². The van der Waals surface area contributed by atoms with E-state index in [0.29, 0.717) is 41.3 Å². The van der Waals surface area contributed by atoms with Crippen LogP contribution in [0.2, 0.25) is 0 Å². The van der Waals surface area contributed by atoms with Crippen molar-refractivity contribution in [1.82, 2.24) is 20.2 Å². The highest BCUT2D eigenvalue weighted by Crippen LogP contribution is 2.47. The van der Waals surface area contributed by atoms with E-state index in [1.165, 1.54) is 52.0 Å². The summed E-state index contributed by atoms with van der Waals surface area (Å²) in [7, 11) is 0. The van der Waals surface area contributed by atoms with Gasteiger partial charge in [-0.25, -0.2) is 14.4 Å². The number of nitrogens with zero attached hydrogens (tertiary/aromatic N) is 3. The Kier molecular flexibility index (Phi) is 7.24. The van der Waals surface area contributed by atoms with E-state index in [9.17, 15) is 18.0 Å². The quantitative estimate of drug-likeness (QED) is 0.204. The van der Waals surface area contributed by atoms with Crippen molar-refractivity contribution in [3.05, 3.63) is 88.0 Å². The maximum Gasteiger partial charge on any atom is 0.387 e. The van der Waals surface area contributed by atoms with Crippen molar-refractivity contribution in [2.75, 3.05) is 13.1 Å². The molecule has 43 heavy (non-hydrogen) atoms. The number of carbonyl (C=O) groups is 1. The minimum absolute atomic E-state index is 0.149. The molecule has 0 bridgehead atoms. The van der Waals surface area contributed by atoms with Crippen LogP contribution in [0.1, 0.15) is 21.7 Å². The van der Waals surface area contributed by atoms with Crippen molar-refractivity contribution < 1.29 is 22.7 Å². The molecule has 0 spiro atoms. The van der Waals surface area contributed by atoms with E-state index in [4.69, 9.17) is 14.7 Å². The summed E-state index contributed by atoms with van der Waals surface area (Å²) < 4.78 is 47.0. The number of thiophene rings is 1. The SMILES string of the molecule is C=CC(=O)N1CCc2nc(-c3nc(-c4ccc5c(c4)CCNC5)c4ccsc4c3-c3ccc(F)cc3OC(F)F)sc2C1. The molecular formula is C32H25F3N4O2S2. The smallest absolute Gasteiger partial charge is 0.387 e. The molecule has 5 aromatic rings. The van der Waals surface area contributed by atoms with Crippen LogP contribution >= 0.6 is 22.7 Å². The third-order valence-electron chi connectivity index (χ3n) is 7.82. The number of alkyl halides is 2. The number of ether oxygens (including phenoxy) is 1. The van der Waals surface area contributed by atoms with E-state index in [1.54, 1.807) is 4.90 Å². The van der Waals surface area contributed by atoms with Gasteiger partial charge in [0.05, 0.1) is 17.9 Å². The number of hydrogen-bond donors (Lipinski definition) is 1. The second-order valence-electron chi connectivity index (χ2n) is 10.4. The normalized spacial score (nSPS) is 14.6. The summed E-state index contributed by atoms with van der Waals surface area (Å²) in [4.78, 5) is 25.1. The van der Waals surface area contributed by atoms with Crippen LogP contribution in [-0.4, -0.2) is 40.5 Å². The number of benzene rings is 2. The standard InChI is InChI=1S/C32H25F3N4O2S2/c1-2-26(40)39-11-8-23-25(16-39)43-31(37-23)29-27(21-6-5-20(33)14-24(21)41-32(34)35)30-22(9-12-42-30)28(38-29)18-3-4-19-15-36-10-7-17(19)13-18/h2-6,9,12-14,32,36H,1,7-8,10-11,15-16H2. The zero-order chi connectivity index (χ0) is 29.7. The average Bonchev–Trinajstić information content (AvgIpc) is 3.67. The number of thiazole rings is 1. The Morgan fingerprint density at radius 2 is 1.98 bits per heavy atom. The summed E-state index contributed by atoms with van der Waals surface area (Å²) in [6.45, 7) is 3.10. The van der Waals surface area contributed by atoms with Crippen molar-refractivity contribution >= 4 is 38.7 Å². The molecular weight excluding hydrogens is 594 g/mol. The fourth-order valence-corrected chi connectivity index (χ4v) is 7.86. The number of halogens is 3. The predicted octanol–water partition coefficient (Wildman–Crippen LogP) is 7.21. The molecule has 0 atom stereocenters. The van der Waals surface area contributed by atoms with Gasteiger partial charge in [0.2, 0.25) is 5.91 Å². The first kappa shape index (κ1) is 27.8. The van der Waals surface area contributed by atoms with Crippen molar-refractivity contribution in [3.63, 3.8) is 0 Å². The van der Waals surface area contributed by atoms with Crippen molar-refractivity contribution in [1.29, 1.82) is 0 Å². The summed E-state index contributed by atoms with van der Waals surface area (Å²) >= 11 is 2.88. The Morgan fingerprint density at radius 3 is 2.81 bits per heavy atom. The van der Waals surface area contributed by atoms with E-state index >= 15 is 0 Å². The molecule has 0 radical (unpaired) electrons. The largest absolute Gasteiger partial charge is 0.434 e. The summed E-state index contributed by atoms with van der Waals surface area (Å²) in [5.74, 6) is -1.11. The molecule has 2 aliphatic rings. The Labute approximate surface area is 253 Å². The van der Waals surface area contributed by atoms with Crippen LogP contribution in [0.3, 0.4) is 0 Å². The van der Waals surface area contributed by atoms with Crippen LogP contribution in [-0.2, 0) is 30.7 Å². The lowest BCUT2D eigenvalue weighted by atomic mass is 9.94. The van der Waals surface area contributed by atoms with Crippen LogP contribution in [0.4, 0.5) is 13.2 Å². The van der Waals surface area contributed by atoms with E-state index in [2.05, 4.69) is 30.1 Å². The van der Waals surface area contributed by atoms with E-state index in [-0.39, 0.29) is 11.7 Å². The molecule has 1 amide bonds. The van der Waals surface area contributed by atoms with Gasteiger partial charge in [0, 0.05) is 57.2 Å². The molecule has 0 saturated carbocycles. The summed E-state index contributed by atoms with van der Waals surface area (Å²) in [6, 6.07) is 12.0.